The Labute approximate surface area is 182 Å². The van der Waals surface area contributed by atoms with E-state index in [1.54, 1.807) is 31.2 Å². The van der Waals surface area contributed by atoms with Crippen LogP contribution < -0.4 is 10.2 Å². The number of nitrogens with zero attached hydrogens (tertiary/aromatic N) is 1. The Morgan fingerprint density at radius 2 is 1.55 bits per heavy atom. The number of anilines is 1. The molecule has 1 saturated heterocycles. The fourth-order valence-corrected chi connectivity index (χ4v) is 3.52. The summed E-state index contributed by atoms with van der Waals surface area (Å²) in [5.74, 6) is 1.10. The second-order valence-corrected chi connectivity index (χ2v) is 7.86. The Balaban J connectivity index is 1.52. The van der Waals surface area contributed by atoms with Gasteiger partial charge in [-0.1, -0.05) is 46.3 Å². The first-order valence-corrected chi connectivity index (χ1v) is 10.1. The van der Waals surface area contributed by atoms with E-state index in [9.17, 15) is 4.79 Å². The first kappa shape index (κ1) is 19.4. The first-order valence-electron chi connectivity index (χ1n) is 8.89. The van der Waals surface area contributed by atoms with Crippen LogP contribution in [0.2, 0.25) is 0 Å². The number of ether oxygens (including phenoxy) is 2. The van der Waals surface area contributed by atoms with Gasteiger partial charge in [-0.3, -0.25) is 10.2 Å². The van der Waals surface area contributed by atoms with Gasteiger partial charge in [0.2, 0.25) is 5.60 Å². The summed E-state index contributed by atoms with van der Waals surface area (Å²) < 4.78 is 12.6. The highest BCUT2D eigenvalue weighted by Gasteiger charge is 2.50. The topological polar surface area (TPSA) is 50.8 Å². The molecule has 1 atom stereocenters. The lowest BCUT2D eigenvalue weighted by atomic mass is 9.95. The van der Waals surface area contributed by atoms with Crippen LogP contribution in [0.15, 0.2) is 83.3 Å². The SMILES string of the molecule is CC1(c2ccc(Oc3ccc(Br)cc3)cc2)OC(=S)N(Nc2ccccc2)C1=O. The normalized spacial score (nSPS) is 18.5. The minimum absolute atomic E-state index is 0.0801. The van der Waals surface area contributed by atoms with Crippen LogP contribution in [-0.2, 0) is 15.1 Å². The van der Waals surface area contributed by atoms with Crippen molar-refractivity contribution >= 4 is 44.9 Å². The summed E-state index contributed by atoms with van der Waals surface area (Å²) in [5, 5.41) is 1.34. The van der Waals surface area contributed by atoms with Crippen LogP contribution >= 0.6 is 28.1 Å². The zero-order chi connectivity index (χ0) is 20.4. The van der Waals surface area contributed by atoms with Gasteiger partial charge in [0.15, 0.2) is 0 Å². The third-order valence-corrected chi connectivity index (χ3v) is 5.35. The van der Waals surface area contributed by atoms with Gasteiger partial charge in [-0.2, -0.15) is 5.01 Å². The third-order valence-electron chi connectivity index (χ3n) is 4.55. The number of halogens is 1. The summed E-state index contributed by atoms with van der Waals surface area (Å²) in [5.41, 5.74) is 3.22. The van der Waals surface area contributed by atoms with Crippen LogP contribution in [-0.4, -0.2) is 16.1 Å². The molecule has 3 aromatic carbocycles. The molecule has 4 rings (SSSR count). The highest BCUT2D eigenvalue weighted by molar-refractivity contribution is 9.10. The molecule has 0 bridgehead atoms. The molecule has 1 aliphatic heterocycles. The number of para-hydroxylation sites is 1. The van der Waals surface area contributed by atoms with Crippen molar-refractivity contribution in [2.45, 2.75) is 12.5 Å². The number of amides is 1. The highest BCUT2D eigenvalue weighted by atomic mass is 79.9. The Bertz CT molecular complexity index is 1040. The van der Waals surface area contributed by atoms with Crippen LogP contribution in [0.4, 0.5) is 5.69 Å². The molecule has 5 nitrogen and oxygen atoms in total. The van der Waals surface area contributed by atoms with Crippen LogP contribution in [0.5, 0.6) is 11.5 Å². The second kappa shape index (κ2) is 7.85. The molecule has 0 aromatic heterocycles. The lowest BCUT2D eigenvalue weighted by Gasteiger charge is -2.21. The van der Waals surface area contributed by atoms with Crippen molar-refractivity contribution in [3.05, 3.63) is 88.9 Å². The molecule has 0 spiro atoms. The van der Waals surface area contributed by atoms with Gasteiger partial charge in [-0.05, 0) is 67.7 Å². The average Bonchev–Trinajstić information content (AvgIpc) is 2.95. The van der Waals surface area contributed by atoms with E-state index in [0.29, 0.717) is 11.3 Å². The third kappa shape index (κ3) is 3.97. The molecule has 0 saturated carbocycles. The zero-order valence-corrected chi connectivity index (χ0v) is 17.9. The number of rotatable bonds is 5. The summed E-state index contributed by atoms with van der Waals surface area (Å²) in [6.45, 7) is 1.71. The lowest BCUT2D eigenvalue weighted by molar-refractivity contribution is -0.135. The maximum absolute atomic E-state index is 13.1. The van der Waals surface area contributed by atoms with Gasteiger partial charge in [0.25, 0.3) is 11.1 Å². The van der Waals surface area contributed by atoms with Crippen molar-refractivity contribution in [3.63, 3.8) is 0 Å². The van der Waals surface area contributed by atoms with E-state index in [1.165, 1.54) is 5.01 Å². The largest absolute Gasteiger partial charge is 0.457 e. The van der Waals surface area contributed by atoms with Gasteiger partial charge in [0.1, 0.15) is 11.5 Å². The Kier molecular flexibility index (Phi) is 5.25. The number of carbonyl (C=O) groups is 1. The molecule has 1 heterocycles. The molecule has 3 aromatic rings. The van der Waals surface area contributed by atoms with Crippen molar-refractivity contribution < 1.29 is 14.3 Å². The molecule has 1 amide bonds. The summed E-state index contributed by atoms with van der Waals surface area (Å²) in [7, 11) is 0. The van der Waals surface area contributed by atoms with E-state index in [-0.39, 0.29) is 11.1 Å². The molecule has 7 heteroatoms. The predicted molar refractivity (Wildman–Crippen MR) is 119 cm³/mol. The summed E-state index contributed by atoms with van der Waals surface area (Å²) in [6, 6.07) is 24.1. The maximum atomic E-state index is 13.1. The van der Waals surface area contributed by atoms with E-state index >= 15 is 0 Å². The number of benzene rings is 3. The van der Waals surface area contributed by atoms with E-state index in [2.05, 4.69) is 21.4 Å². The van der Waals surface area contributed by atoms with Crippen molar-refractivity contribution in [1.82, 2.24) is 5.01 Å². The maximum Gasteiger partial charge on any atom is 0.297 e. The minimum Gasteiger partial charge on any atom is -0.457 e. The van der Waals surface area contributed by atoms with Gasteiger partial charge >= 0.3 is 0 Å². The number of thiocarbonyl (C=S) groups is 1. The number of hydrogen-bond acceptors (Lipinski definition) is 5. The molecule has 146 valence electrons. The fourth-order valence-electron chi connectivity index (χ4n) is 2.96. The van der Waals surface area contributed by atoms with Crippen molar-refractivity contribution in [3.8, 4) is 11.5 Å². The van der Waals surface area contributed by atoms with Crippen LogP contribution in [0.3, 0.4) is 0 Å². The van der Waals surface area contributed by atoms with Crippen molar-refractivity contribution in [2.24, 2.45) is 0 Å². The molecule has 0 radical (unpaired) electrons. The molecule has 1 fully saturated rings. The van der Waals surface area contributed by atoms with Gasteiger partial charge < -0.3 is 9.47 Å². The number of nitrogens with one attached hydrogen (secondary N) is 1. The Morgan fingerprint density at radius 1 is 0.966 bits per heavy atom. The van der Waals surface area contributed by atoms with Crippen LogP contribution in [0, 0.1) is 0 Å². The Hall–Kier alpha value is -2.90. The molecular weight excluding hydrogens is 452 g/mol. The van der Waals surface area contributed by atoms with Crippen molar-refractivity contribution in [2.75, 3.05) is 5.43 Å². The number of carbonyl (C=O) groups excluding carboxylic acids is 1. The average molecular weight is 469 g/mol. The van der Waals surface area contributed by atoms with Gasteiger partial charge in [-0.15, -0.1) is 0 Å². The summed E-state index contributed by atoms with van der Waals surface area (Å²) in [4.78, 5) is 13.1. The summed E-state index contributed by atoms with van der Waals surface area (Å²) in [6.07, 6.45) is 0. The van der Waals surface area contributed by atoms with Gasteiger partial charge in [0, 0.05) is 10.0 Å². The predicted octanol–water partition coefficient (Wildman–Crippen LogP) is 5.63. The lowest BCUT2D eigenvalue weighted by Crippen LogP contribution is -2.39. The minimum atomic E-state index is -1.21. The van der Waals surface area contributed by atoms with E-state index in [4.69, 9.17) is 21.7 Å². The molecular formula is C22H17BrN2O3S. The monoisotopic (exact) mass is 468 g/mol. The molecule has 29 heavy (non-hydrogen) atoms. The molecule has 0 aliphatic carbocycles. The van der Waals surface area contributed by atoms with Crippen LogP contribution in [0.1, 0.15) is 12.5 Å². The molecule has 1 aliphatic rings. The smallest absolute Gasteiger partial charge is 0.297 e. The quantitative estimate of drug-likeness (QED) is 0.491. The molecule has 1 N–H and O–H groups in total. The van der Waals surface area contributed by atoms with E-state index < -0.39 is 5.60 Å². The fraction of sp³-hybridized carbons (Fsp3) is 0.0909. The Morgan fingerprint density at radius 3 is 2.17 bits per heavy atom. The highest BCUT2D eigenvalue weighted by Crippen LogP contribution is 2.36. The van der Waals surface area contributed by atoms with Crippen LogP contribution in [0.25, 0.3) is 0 Å². The first-order chi connectivity index (χ1) is 14.0. The second-order valence-electron chi connectivity index (χ2n) is 6.60. The standard InChI is InChI=1S/C22H17BrN2O3S/c1-22(20(26)25(21(29)28-22)24-17-5-3-2-4-6-17)15-7-11-18(12-8-15)27-19-13-9-16(23)10-14-19/h2-14,24H,1H3. The van der Waals surface area contributed by atoms with E-state index in [0.717, 1.165) is 15.9 Å². The number of hydrogen-bond donors (Lipinski definition) is 1. The van der Waals surface area contributed by atoms with Crippen molar-refractivity contribution in [1.29, 1.82) is 0 Å². The van der Waals surface area contributed by atoms with Gasteiger partial charge in [-0.25, -0.2) is 0 Å². The van der Waals surface area contributed by atoms with Gasteiger partial charge in [0.05, 0.1) is 5.69 Å². The molecule has 1 unspecified atom stereocenters. The number of hydrazine groups is 1. The van der Waals surface area contributed by atoms with E-state index in [1.807, 2.05) is 54.6 Å². The summed E-state index contributed by atoms with van der Waals surface area (Å²) >= 11 is 8.68. The zero-order valence-electron chi connectivity index (χ0n) is 15.5.